The Morgan fingerprint density at radius 3 is 2.68 bits per heavy atom. The van der Waals surface area contributed by atoms with Gasteiger partial charge in [-0.2, -0.15) is 0 Å². The van der Waals surface area contributed by atoms with Crippen LogP contribution in [-0.2, 0) is 0 Å². The average molecular weight is 270 g/mol. The van der Waals surface area contributed by atoms with Crippen LogP contribution in [0.1, 0.15) is 33.6 Å². The molecule has 0 saturated carbocycles. The van der Waals surface area contributed by atoms with Crippen LogP contribution in [0.3, 0.4) is 0 Å². The Balaban J connectivity index is 2.94. The maximum atomic E-state index is 13.7. The fraction of sp³-hybridized carbons (Fsp3) is 0.571. The Hall–Kier alpha value is -1.49. The molecule has 19 heavy (non-hydrogen) atoms. The maximum Gasteiger partial charge on any atom is 0.167 e. The van der Waals surface area contributed by atoms with E-state index in [-0.39, 0.29) is 17.9 Å². The summed E-state index contributed by atoms with van der Waals surface area (Å²) >= 11 is 0. The van der Waals surface area contributed by atoms with Crippen molar-refractivity contribution in [2.24, 2.45) is 0 Å². The number of halogens is 1. The van der Waals surface area contributed by atoms with E-state index in [0.29, 0.717) is 24.4 Å². The van der Waals surface area contributed by atoms with Crippen molar-refractivity contribution in [2.75, 3.05) is 24.3 Å². The van der Waals surface area contributed by atoms with E-state index in [9.17, 15) is 4.39 Å². The molecule has 0 saturated heterocycles. The summed E-state index contributed by atoms with van der Waals surface area (Å²) in [4.78, 5) is 0. The zero-order valence-electron chi connectivity index (χ0n) is 11.8. The molecular weight excluding hydrogens is 247 g/mol. The van der Waals surface area contributed by atoms with Crippen molar-refractivity contribution >= 4 is 11.4 Å². The molecule has 0 radical (unpaired) electrons. The molecule has 0 aliphatic carbocycles. The van der Waals surface area contributed by atoms with Crippen LogP contribution in [0.2, 0.25) is 0 Å². The number of hydrogen-bond acceptors (Lipinski definition) is 4. The summed E-state index contributed by atoms with van der Waals surface area (Å²) in [7, 11) is 0. The highest BCUT2D eigenvalue weighted by molar-refractivity contribution is 5.69. The van der Waals surface area contributed by atoms with Gasteiger partial charge in [-0.1, -0.05) is 6.92 Å². The molecule has 0 unspecified atom stereocenters. The van der Waals surface area contributed by atoms with E-state index >= 15 is 0 Å². The molecule has 0 atom stereocenters. The largest absolute Gasteiger partial charge is 0.490 e. The van der Waals surface area contributed by atoms with Crippen LogP contribution >= 0.6 is 0 Å². The van der Waals surface area contributed by atoms with E-state index in [1.807, 2.05) is 20.8 Å². The minimum absolute atomic E-state index is 0.0697. The van der Waals surface area contributed by atoms with Crippen molar-refractivity contribution in [1.29, 1.82) is 0 Å². The second-order valence-electron chi connectivity index (χ2n) is 5.20. The van der Waals surface area contributed by atoms with Gasteiger partial charge in [0.25, 0.3) is 0 Å². The van der Waals surface area contributed by atoms with Crippen LogP contribution in [0.15, 0.2) is 12.1 Å². The van der Waals surface area contributed by atoms with E-state index < -0.39 is 5.82 Å². The van der Waals surface area contributed by atoms with E-state index in [1.54, 1.807) is 6.07 Å². The van der Waals surface area contributed by atoms with Crippen molar-refractivity contribution in [3.8, 4) is 5.75 Å². The van der Waals surface area contributed by atoms with Gasteiger partial charge in [-0.15, -0.1) is 0 Å². The van der Waals surface area contributed by atoms with Gasteiger partial charge in [-0.05, 0) is 26.7 Å². The molecule has 4 N–H and O–H groups in total. The van der Waals surface area contributed by atoms with Crippen LogP contribution in [0.4, 0.5) is 15.8 Å². The minimum atomic E-state index is -0.462. The summed E-state index contributed by atoms with van der Waals surface area (Å²) in [6, 6.07) is 2.82. The molecule has 1 rings (SSSR count). The Morgan fingerprint density at radius 1 is 1.42 bits per heavy atom. The van der Waals surface area contributed by atoms with Gasteiger partial charge in [0.2, 0.25) is 0 Å². The topological polar surface area (TPSA) is 67.5 Å². The number of rotatable bonds is 7. The first-order valence-electron chi connectivity index (χ1n) is 6.50. The molecule has 0 amide bonds. The minimum Gasteiger partial charge on any atom is -0.490 e. The summed E-state index contributed by atoms with van der Waals surface area (Å²) < 4.78 is 19.0. The summed E-state index contributed by atoms with van der Waals surface area (Å²) in [5, 5.41) is 12.2. The summed E-state index contributed by atoms with van der Waals surface area (Å²) in [6.45, 7) is 6.37. The van der Waals surface area contributed by atoms with Gasteiger partial charge in [0.1, 0.15) is 0 Å². The van der Waals surface area contributed by atoms with Crippen LogP contribution in [0.5, 0.6) is 5.75 Å². The normalized spacial score (nSPS) is 11.4. The molecule has 0 aliphatic heterocycles. The van der Waals surface area contributed by atoms with Crippen molar-refractivity contribution in [3.05, 3.63) is 17.9 Å². The summed E-state index contributed by atoms with van der Waals surface area (Å²) in [5.74, 6) is -0.269. The lowest BCUT2D eigenvalue weighted by atomic mass is 10.0. The highest BCUT2D eigenvalue weighted by Crippen LogP contribution is 2.31. The quantitative estimate of drug-likeness (QED) is 0.666. The van der Waals surface area contributed by atoms with Gasteiger partial charge in [-0.3, -0.25) is 0 Å². The van der Waals surface area contributed by atoms with E-state index in [4.69, 9.17) is 15.6 Å². The summed E-state index contributed by atoms with van der Waals surface area (Å²) in [6.07, 6.45) is 1.37. The van der Waals surface area contributed by atoms with Gasteiger partial charge in [0.05, 0.1) is 18.0 Å². The maximum absolute atomic E-state index is 13.7. The average Bonchev–Trinajstić information content (AvgIpc) is 2.31. The first kappa shape index (κ1) is 15.6. The zero-order valence-corrected chi connectivity index (χ0v) is 11.8. The molecule has 0 heterocycles. The molecule has 0 aromatic heterocycles. The Labute approximate surface area is 113 Å². The number of nitrogens with one attached hydrogen (secondary N) is 1. The van der Waals surface area contributed by atoms with Crippen LogP contribution in [0.25, 0.3) is 0 Å². The van der Waals surface area contributed by atoms with Gasteiger partial charge in [0, 0.05) is 24.3 Å². The lowest BCUT2D eigenvalue weighted by Crippen LogP contribution is -2.32. The monoisotopic (exact) mass is 270 g/mol. The molecule has 0 spiro atoms. The van der Waals surface area contributed by atoms with Crippen LogP contribution < -0.4 is 15.8 Å². The third kappa shape index (κ3) is 4.59. The first-order chi connectivity index (χ1) is 8.89. The standard InChI is InChI=1S/C14H23FN2O2/c1-4-7-19-13-9-12(11(16)8-10(13)15)17-14(2,3)5-6-18/h8-9,17-18H,4-7,16H2,1-3H3. The van der Waals surface area contributed by atoms with Crippen LogP contribution in [0, 0.1) is 5.82 Å². The molecule has 108 valence electrons. The number of nitrogen functional groups attached to an aromatic ring is 1. The Kier molecular flexibility index (Phi) is 5.42. The lowest BCUT2D eigenvalue weighted by molar-refractivity contribution is 0.261. The molecule has 0 fully saturated rings. The van der Waals surface area contributed by atoms with Gasteiger partial charge in [-0.25, -0.2) is 4.39 Å². The number of nitrogens with two attached hydrogens (primary N) is 1. The van der Waals surface area contributed by atoms with Crippen molar-refractivity contribution in [3.63, 3.8) is 0 Å². The smallest absolute Gasteiger partial charge is 0.167 e. The zero-order chi connectivity index (χ0) is 14.5. The number of hydrogen-bond donors (Lipinski definition) is 3. The van der Waals surface area contributed by atoms with Gasteiger partial charge < -0.3 is 20.9 Å². The first-order valence-corrected chi connectivity index (χ1v) is 6.50. The van der Waals surface area contributed by atoms with Gasteiger partial charge >= 0.3 is 0 Å². The number of benzene rings is 1. The molecular formula is C14H23FN2O2. The van der Waals surface area contributed by atoms with Crippen molar-refractivity contribution < 1.29 is 14.2 Å². The fourth-order valence-electron chi connectivity index (χ4n) is 1.71. The van der Waals surface area contributed by atoms with Crippen molar-refractivity contribution in [2.45, 2.75) is 39.2 Å². The molecule has 4 nitrogen and oxygen atoms in total. The number of anilines is 2. The third-order valence-electron chi connectivity index (χ3n) is 2.78. The molecule has 1 aromatic carbocycles. The highest BCUT2D eigenvalue weighted by Gasteiger charge is 2.19. The van der Waals surface area contributed by atoms with E-state index in [1.165, 1.54) is 6.07 Å². The molecule has 0 aliphatic rings. The lowest BCUT2D eigenvalue weighted by Gasteiger charge is -2.28. The highest BCUT2D eigenvalue weighted by atomic mass is 19.1. The predicted molar refractivity (Wildman–Crippen MR) is 76.0 cm³/mol. The second-order valence-corrected chi connectivity index (χ2v) is 5.20. The molecule has 0 bridgehead atoms. The summed E-state index contributed by atoms with van der Waals surface area (Å²) in [5.41, 5.74) is 6.41. The Morgan fingerprint density at radius 2 is 2.11 bits per heavy atom. The second kappa shape index (κ2) is 6.61. The van der Waals surface area contributed by atoms with Crippen molar-refractivity contribution in [1.82, 2.24) is 0 Å². The Bertz CT molecular complexity index is 422. The SMILES string of the molecule is CCCOc1cc(NC(C)(C)CCO)c(N)cc1F. The fourth-order valence-corrected chi connectivity index (χ4v) is 1.71. The number of aliphatic hydroxyl groups excluding tert-OH is 1. The van der Waals surface area contributed by atoms with Gasteiger partial charge in [0.15, 0.2) is 11.6 Å². The number of ether oxygens (including phenoxy) is 1. The third-order valence-corrected chi connectivity index (χ3v) is 2.78. The molecule has 5 heteroatoms. The van der Waals surface area contributed by atoms with E-state index in [0.717, 1.165) is 6.42 Å². The molecule has 1 aromatic rings. The van der Waals surface area contributed by atoms with E-state index in [2.05, 4.69) is 5.32 Å². The predicted octanol–water partition coefficient (Wildman–Crippen LogP) is 2.77. The van der Waals surface area contributed by atoms with Crippen LogP contribution in [-0.4, -0.2) is 23.9 Å². The number of aliphatic hydroxyl groups is 1.